The summed E-state index contributed by atoms with van der Waals surface area (Å²) in [4.78, 5) is 15.3. The molecule has 1 atom stereocenters. The maximum atomic E-state index is 9.97. The molecule has 6 heteroatoms. The van der Waals surface area contributed by atoms with Gasteiger partial charge in [-0.2, -0.15) is 5.26 Å². The SMILES string of the molecule is Cc1ccc2nc(C(C#N)Cc3cc4ccccc4nc3N3CCOCC3)[nH]c2c1. The average molecular weight is 397 g/mol. The van der Waals surface area contributed by atoms with Gasteiger partial charge in [0.05, 0.1) is 35.8 Å². The van der Waals surface area contributed by atoms with Crippen LogP contribution in [0.25, 0.3) is 21.9 Å². The Morgan fingerprint density at radius 3 is 2.77 bits per heavy atom. The second kappa shape index (κ2) is 7.77. The van der Waals surface area contributed by atoms with Crippen molar-refractivity contribution < 1.29 is 4.74 Å². The van der Waals surface area contributed by atoms with Crippen LogP contribution in [0.3, 0.4) is 0 Å². The number of morpholine rings is 1. The van der Waals surface area contributed by atoms with Crippen molar-refractivity contribution in [2.45, 2.75) is 19.3 Å². The Labute approximate surface area is 175 Å². The van der Waals surface area contributed by atoms with E-state index in [0.29, 0.717) is 25.5 Å². The van der Waals surface area contributed by atoms with Crippen molar-refractivity contribution in [2.75, 3.05) is 31.2 Å². The highest BCUT2D eigenvalue weighted by molar-refractivity contribution is 5.82. The number of benzene rings is 2. The Kier molecular flexibility index (Phi) is 4.82. The molecule has 2 aromatic heterocycles. The van der Waals surface area contributed by atoms with Gasteiger partial charge in [-0.05, 0) is 48.7 Å². The smallest absolute Gasteiger partial charge is 0.132 e. The summed E-state index contributed by atoms with van der Waals surface area (Å²) in [7, 11) is 0. The van der Waals surface area contributed by atoms with E-state index in [1.165, 1.54) is 5.56 Å². The Morgan fingerprint density at radius 2 is 1.93 bits per heavy atom. The summed E-state index contributed by atoms with van der Waals surface area (Å²) >= 11 is 0. The van der Waals surface area contributed by atoms with Gasteiger partial charge in [-0.15, -0.1) is 0 Å². The van der Waals surface area contributed by atoms with E-state index in [-0.39, 0.29) is 5.92 Å². The molecule has 150 valence electrons. The average Bonchev–Trinajstić information content (AvgIpc) is 3.20. The molecule has 1 fully saturated rings. The topological polar surface area (TPSA) is 77.8 Å². The highest BCUT2D eigenvalue weighted by Crippen LogP contribution is 2.29. The maximum Gasteiger partial charge on any atom is 0.132 e. The number of rotatable bonds is 4. The molecule has 1 N–H and O–H groups in total. The summed E-state index contributed by atoms with van der Waals surface area (Å²) < 4.78 is 5.53. The van der Waals surface area contributed by atoms with Gasteiger partial charge in [0.2, 0.25) is 0 Å². The molecule has 3 heterocycles. The lowest BCUT2D eigenvalue weighted by Gasteiger charge is -2.30. The van der Waals surface area contributed by atoms with Crippen LogP contribution in [0.1, 0.15) is 22.9 Å². The fraction of sp³-hybridized carbons (Fsp3) is 0.292. The first-order valence-corrected chi connectivity index (χ1v) is 10.3. The number of hydrogen-bond donors (Lipinski definition) is 1. The molecular weight excluding hydrogens is 374 g/mol. The van der Waals surface area contributed by atoms with Crippen LogP contribution in [0, 0.1) is 18.3 Å². The number of para-hydroxylation sites is 1. The first kappa shape index (κ1) is 18.6. The largest absolute Gasteiger partial charge is 0.378 e. The van der Waals surface area contributed by atoms with Crippen LogP contribution in [0.15, 0.2) is 48.5 Å². The second-order valence-electron chi connectivity index (χ2n) is 7.79. The Hall–Kier alpha value is -3.43. The molecule has 30 heavy (non-hydrogen) atoms. The van der Waals surface area contributed by atoms with Crippen LogP contribution >= 0.6 is 0 Å². The summed E-state index contributed by atoms with van der Waals surface area (Å²) in [6, 6.07) is 18.9. The number of nitriles is 1. The zero-order valence-corrected chi connectivity index (χ0v) is 16.9. The summed E-state index contributed by atoms with van der Waals surface area (Å²) in [6.07, 6.45) is 0.555. The number of aromatic amines is 1. The number of aryl methyl sites for hydroxylation is 1. The highest BCUT2D eigenvalue weighted by atomic mass is 16.5. The predicted octanol–water partition coefficient (Wildman–Crippen LogP) is 4.11. The lowest BCUT2D eigenvalue weighted by atomic mass is 9.98. The molecule has 1 aliphatic rings. The monoisotopic (exact) mass is 397 g/mol. The Bertz CT molecular complexity index is 1250. The maximum absolute atomic E-state index is 9.97. The van der Waals surface area contributed by atoms with Crippen LogP contribution in [0.4, 0.5) is 5.82 Å². The molecule has 0 bridgehead atoms. The van der Waals surface area contributed by atoms with Crippen LogP contribution in [0.2, 0.25) is 0 Å². The second-order valence-corrected chi connectivity index (χ2v) is 7.79. The summed E-state index contributed by atoms with van der Waals surface area (Å²) in [5.41, 5.74) is 5.06. The van der Waals surface area contributed by atoms with E-state index in [9.17, 15) is 5.26 Å². The number of imidazole rings is 1. The number of fused-ring (bicyclic) bond motifs is 2. The van der Waals surface area contributed by atoms with Gasteiger partial charge >= 0.3 is 0 Å². The number of nitrogens with one attached hydrogen (secondary N) is 1. The number of ether oxygens (including phenoxy) is 1. The van der Waals surface area contributed by atoms with Gasteiger partial charge in [0.25, 0.3) is 0 Å². The molecule has 5 rings (SSSR count). The minimum atomic E-state index is -0.375. The van der Waals surface area contributed by atoms with Gasteiger partial charge in [0, 0.05) is 18.5 Å². The van der Waals surface area contributed by atoms with E-state index in [1.807, 2.05) is 30.3 Å². The number of nitrogens with zero attached hydrogens (tertiary/aromatic N) is 4. The zero-order valence-electron chi connectivity index (χ0n) is 16.9. The van der Waals surface area contributed by atoms with Crippen molar-refractivity contribution in [2.24, 2.45) is 0 Å². The van der Waals surface area contributed by atoms with Crippen LogP contribution in [-0.4, -0.2) is 41.3 Å². The Morgan fingerprint density at radius 1 is 1.10 bits per heavy atom. The molecule has 1 aliphatic heterocycles. The van der Waals surface area contributed by atoms with Crippen LogP contribution < -0.4 is 4.90 Å². The van der Waals surface area contributed by atoms with Crippen molar-refractivity contribution in [3.05, 3.63) is 65.5 Å². The van der Waals surface area contributed by atoms with Gasteiger partial charge in [0.15, 0.2) is 0 Å². The highest BCUT2D eigenvalue weighted by Gasteiger charge is 2.22. The lowest BCUT2D eigenvalue weighted by Crippen LogP contribution is -2.37. The van der Waals surface area contributed by atoms with E-state index in [0.717, 1.165) is 46.4 Å². The van der Waals surface area contributed by atoms with Gasteiger partial charge < -0.3 is 14.6 Å². The molecular formula is C24H23N5O. The number of hydrogen-bond acceptors (Lipinski definition) is 5. The number of anilines is 1. The quantitative estimate of drug-likeness (QED) is 0.561. The van der Waals surface area contributed by atoms with Crippen LogP contribution in [0.5, 0.6) is 0 Å². The van der Waals surface area contributed by atoms with Crippen molar-refractivity contribution in [3.63, 3.8) is 0 Å². The summed E-state index contributed by atoms with van der Waals surface area (Å²) in [6.45, 7) is 5.05. The van der Waals surface area contributed by atoms with Gasteiger partial charge in [-0.25, -0.2) is 9.97 Å². The fourth-order valence-corrected chi connectivity index (χ4v) is 4.08. The van der Waals surface area contributed by atoms with Crippen LogP contribution in [-0.2, 0) is 11.2 Å². The predicted molar refractivity (Wildman–Crippen MR) is 118 cm³/mol. The molecule has 0 aliphatic carbocycles. The van der Waals surface area contributed by atoms with Gasteiger partial charge in [0.1, 0.15) is 17.6 Å². The molecule has 0 amide bonds. The molecule has 1 unspecified atom stereocenters. The van der Waals surface area contributed by atoms with Crippen molar-refractivity contribution in [1.29, 1.82) is 5.26 Å². The van der Waals surface area contributed by atoms with Crippen molar-refractivity contribution >= 4 is 27.8 Å². The third-order valence-corrected chi connectivity index (χ3v) is 5.66. The summed E-state index contributed by atoms with van der Waals surface area (Å²) in [5, 5.41) is 11.1. The van der Waals surface area contributed by atoms with E-state index in [2.05, 4.69) is 41.1 Å². The minimum Gasteiger partial charge on any atom is -0.378 e. The fourth-order valence-electron chi connectivity index (χ4n) is 4.08. The zero-order chi connectivity index (χ0) is 20.5. The Balaban J connectivity index is 1.55. The lowest BCUT2D eigenvalue weighted by molar-refractivity contribution is 0.122. The molecule has 2 aromatic carbocycles. The molecule has 6 nitrogen and oxygen atoms in total. The number of H-pyrrole nitrogens is 1. The van der Waals surface area contributed by atoms with Crippen molar-refractivity contribution in [1.82, 2.24) is 15.0 Å². The molecule has 0 saturated carbocycles. The van der Waals surface area contributed by atoms with Gasteiger partial charge in [-0.1, -0.05) is 24.3 Å². The first-order chi connectivity index (χ1) is 14.7. The van der Waals surface area contributed by atoms with E-state index in [1.54, 1.807) is 0 Å². The minimum absolute atomic E-state index is 0.375. The van der Waals surface area contributed by atoms with E-state index < -0.39 is 0 Å². The normalized spacial score (nSPS) is 15.4. The van der Waals surface area contributed by atoms with Gasteiger partial charge in [-0.3, -0.25) is 0 Å². The third-order valence-electron chi connectivity index (χ3n) is 5.66. The molecule has 1 saturated heterocycles. The van der Waals surface area contributed by atoms with E-state index >= 15 is 0 Å². The first-order valence-electron chi connectivity index (χ1n) is 10.3. The molecule has 0 spiro atoms. The molecule has 4 aromatic rings. The molecule has 0 radical (unpaired) electrons. The standard InChI is InChI=1S/C24H23N5O/c1-16-6-7-21-22(12-16)27-23(26-21)19(15-25)14-18-13-17-4-2-3-5-20(17)28-24(18)29-8-10-30-11-9-29/h2-7,12-13,19H,8-11,14H2,1H3,(H,26,27). The van der Waals surface area contributed by atoms with Crippen molar-refractivity contribution in [3.8, 4) is 6.07 Å². The summed E-state index contributed by atoms with van der Waals surface area (Å²) in [5.74, 6) is 1.28. The van der Waals surface area contributed by atoms with E-state index in [4.69, 9.17) is 14.7 Å². The number of aromatic nitrogens is 3. The number of pyridine rings is 1. The third kappa shape index (κ3) is 3.49.